The first-order chi connectivity index (χ1) is 10.0. The zero-order chi connectivity index (χ0) is 15.0. The maximum Gasteiger partial charge on any atom is 0.245 e. The van der Waals surface area contributed by atoms with Crippen LogP contribution in [0.4, 0.5) is 10.3 Å². The molecule has 2 heterocycles. The molecule has 1 aliphatic rings. The van der Waals surface area contributed by atoms with Crippen LogP contribution in [0.5, 0.6) is 0 Å². The van der Waals surface area contributed by atoms with Gasteiger partial charge in [0.2, 0.25) is 5.95 Å². The standard InChI is InChI=1S/C14H17ClFN5/c1-8-4-5-21(7-12(8)17)14-18-13(19-20-14)9-2-3-11(16)10(15)6-9/h2-3,6,8,12H,4-5,7,17H2,1H3,(H,18,19,20). The molecule has 0 amide bonds. The van der Waals surface area contributed by atoms with E-state index in [-0.39, 0.29) is 11.1 Å². The van der Waals surface area contributed by atoms with Crippen molar-refractivity contribution in [3.8, 4) is 11.4 Å². The summed E-state index contributed by atoms with van der Waals surface area (Å²) < 4.78 is 13.2. The van der Waals surface area contributed by atoms with Crippen molar-refractivity contribution in [3.63, 3.8) is 0 Å². The monoisotopic (exact) mass is 309 g/mol. The second-order valence-electron chi connectivity index (χ2n) is 5.49. The molecular weight excluding hydrogens is 293 g/mol. The Morgan fingerprint density at radius 3 is 3.00 bits per heavy atom. The van der Waals surface area contributed by atoms with Crippen LogP contribution in [0.15, 0.2) is 18.2 Å². The van der Waals surface area contributed by atoms with Crippen molar-refractivity contribution in [2.45, 2.75) is 19.4 Å². The topological polar surface area (TPSA) is 70.8 Å². The molecule has 1 fully saturated rings. The SMILES string of the molecule is CC1CCN(c2n[nH]c(-c3ccc(F)c(Cl)c3)n2)CC1N. The molecule has 0 bridgehead atoms. The van der Waals surface area contributed by atoms with Gasteiger partial charge in [0.15, 0.2) is 5.82 Å². The fraction of sp³-hybridized carbons (Fsp3) is 0.429. The third kappa shape index (κ3) is 2.87. The summed E-state index contributed by atoms with van der Waals surface area (Å²) in [6.07, 6.45) is 1.02. The largest absolute Gasteiger partial charge is 0.338 e. The molecule has 2 atom stereocenters. The van der Waals surface area contributed by atoms with Crippen LogP contribution in [0.3, 0.4) is 0 Å². The molecule has 2 unspecified atom stereocenters. The fourth-order valence-corrected chi connectivity index (χ4v) is 2.63. The third-order valence-corrected chi connectivity index (χ3v) is 4.26. The number of aromatic nitrogens is 3. The number of piperidine rings is 1. The Morgan fingerprint density at radius 1 is 1.48 bits per heavy atom. The molecule has 112 valence electrons. The van der Waals surface area contributed by atoms with Gasteiger partial charge < -0.3 is 10.6 Å². The van der Waals surface area contributed by atoms with Crippen LogP contribution in [-0.4, -0.2) is 34.3 Å². The molecule has 0 aliphatic carbocycles. The first-order valence-corrected chi connectivity index (χ1v) is 7.30. The number of hydrogen-bond donors (Lipinski definition) is 2. The number of benzene rings is 1. The Labute approximate surface area is 127 Å². The lowest BCUT2D eigenvalue weighted by Crippen LogP contribution is -2.48. The molecule has 7 heteroatoms. The highest BCUT2D eigenvalue weighted by Gasteiger charge is 2.25. The highest BCUT2D eigenvalue weighted by molar-refractivity contribution is 6.31. The molecule has 0 saturated carbocycles. The minimum Gasteiger partial charge on any atom is -0.338 e. The van der Waals surface area contributed by atoms with Gasteiger partial charge in [-0.2, -0.15) is 4.98 Å². The summed E-state index contributed by atoms with van der Waals surface area (Å²) in [7, 11) is 0. The minimum absolute atomic E-state index is 0.0688. The van der Waals surface area contributed by atoms with Crippen molar-refractivity contribution in [1.82, 2.24) is 15.2 Å². The van der Waals surface area contributed by atoms with Crippen LogP contribution < -0.4 is 10.6 Å². The van der Waals surface area contributed by atoms with Gasteiger partial charge in [-0.15, -0.1) is 5.10 Å². The van der Waals surface area contributed by atoms with Crippen LogP contribution in [0.1, 0.15) is 13.3 Å². The molecule has 0 radical (unpaired) electrons. The lowest BCUT2D eigenvalue weighted by atomic mass is 9.95. The van der Waals surface area contributed by atoms with Crippen molar-refractivity contribution in [2.24, 2.45) is 11.7 Å². The van der Waals surface area contributed by atoms with Crippen molar-refractivity contribution in [2.75, 3.05) is 18.0 Å². The second-order valence-corrected chi connectivity index (χ2v) is 5.90. The van der Waals surface area contributed by atoms with E-state index >= 15 is 0 Å². The summed E-state index contributed by atoms with van der Waals surface area (Å²) in [6.45, 7) is 3.78. The molecule has 2 aromatic rings. The number of hydrogen-bond acceptors (Lipinski definition) is 4. The van der Waals surface area contributed by atoms with E-state index in [1.165, 1.54) is 12.1 Å². The highest BCUT2D eigenvalue weighted by atomic mass is 35.5. The minimum atomic E-state index is -0.448. The van der Waals surface area contributed by atoms with Gasteiger partial charge in [-0.25, -0.2) is 4.39 Å². The maximum absolute atomic E-state index is 13.2. The van der Waals surface area contributed by atoms with E-state index in [9.17, 15) is 4.39 Å². The fourth-order valence-electron chi connectivity index (χ4n) is 2.45. The van der Waals surface area contributed by atoms with Gasteiger partial charge in [-0.1, -0.05) is 18.5 Å². The van der Waals surface area contributed by atoms with Crippen LogP contribution >= 0.6 is 11.6 Å². The summed E-state index contributed by atoms with van der Waals surface area (Å²) in [5, 5.41) is 7.16. The molecule has 1 aromatic carbocycles. The summed E-state index contributed by atoms with van der Waals surface area (Å²) in [5.74, 6) is 1.25. The number of nitrogens with one attached hydrogen (secondary N) is 1. The summed E-state index contributed by atoms with van der Waals surface area (Å²) in [5.41, 5.74) is 6.80. The van der Waals surface area contributed by atoms with Gasteiger partial charge in [0.05, 0.1) is 5.02 Å². The smallest absolute Gasteiger partial charge is 0.245 e. The van der Waals surface area contributed by atoms with Gasteiger partial charge in [0.1, 0.15) is 5.82 Å². The van der Waals surface area contributed by atoms with Crippen LogP contribution in [0.2, 0.25) is 5.02 Å². The predicted octanol–water partition coefficient (Wildman–Crippen LogP) is 2.44. The molecule has 3 N–H and O–H groups in total. The van der Waals surface area contributed by atoms with E-state index < -0.39 is 5.82 Å². The summed E-state index contributed by atoms with van der Waals surface area (Å²) >= 11 is 5.79. The van der Waals surface area contributed by atoms with E-state index in [1.807, 2.05) is 0 Å². The Hall–Kier alpha value is -1.66. The molecule has 0 spiro atoms. The van der Waals surface area contributed by atoms with Crippen LogP contribution in [0, 0.1) is 11.7 Å². The zero-order valence-electron chi connectivity index (χ0n) is 11.7. The molecular formula is C14H17ClFN5. The van der Waals surface area contributed by atoms with E-state index in [4.69, 9.17) is 17.3 Å². The lowest BCUT2D eigenvalue weighted by molar-refractivity contribution is 0.376. The average Bonchev–Trinajstić information content (AvgIpc) is 2.94. The van der Waals surface area contributed by atoms with Crippen molar-refractivity contribution < 1.29 is 4.39 Å². The van der Waals surface area contributed by atoms with Crippen LogP contribution in [-0.2, 0) is 0 Å². The van der Waals surface area contributed by atoms with Gasteiger partial charge in [-0.05, 0) is 30.5 Å². The Morgan fingerprint density at radius 2 is 2.29 bits per heavy atom. The Kier molecular flexibility index (Phi) is 3.82. The van der Waals surface area contributed by atoms with E-state index in [0.29, 0.717) is 23.3 Å². The number of rotatable bonds is 2. The number of halogens is 2. The Bertz CT molecular complexity index is 644. The molecule has 5 nitrogen and oxygen atoms in total. The second kappa shape index (κ2) is 5.61. The van der Waals surface area contributed by atoms with Crippen molar-refractivity contribution >= 4 is 17.5 Å². The summed E-state index contributed by atoms with van der Waals surface area (Å²) in [4.78, 5) is 6.52. The molecule has 1 aliphatic heterocycles. The first-order valence-electron chi connectivity index (χ1n) is 6.93. The third-order valence-electron chi connectivity index (χ3n) is 3.97. The highest BCUT2D eigenvalue weighted by Crippen LogP contribution is 2.25. The van der Waals surface area contributed by atoms with E-state index in [2.05, 4.69) is 27.0 Å². The van der Waals surface area contributed by atoms with Gasteiger partial charge in [0, 0.05) is 24.7 Å². The van der Waals surface area contributed by atoms with Crippen LogP contribution in [0.25, 0.3) is 11.4 Å². The van der Waals surface area contributed by atoms with Gasteiger partial charge in [0.25, 0.3) is 0 Å². The maximum atomic E-state index is 13.2. The Balaban J connectivity index is 1.81. The number of nitrogens with two attached hydrogens (primary N) is 1. The number of aromatic amines is 1. The van der Waals surface area contributed by atoms with Crippen molar-refractivity contribution in [1.29, 1.82) is 0 Å². The van der Waals surface area contributed by atoms with Crippen molar-refractivity contribution in [3.05, 3.63) is 29.0 Å². The number of H-pyrrole nitrogens is 1. The van der Waals surface area contributed by atoms with Gasteiger partial charge >= 0.3 is 0 Å². The zero-order valence-corrected chi connectivity index (χ0v) is 12.4. The van der Waals surface area contributed by atoms with E-state index in [0.717, 1.165) is 19.5 Å². The number of nitrogens with zero attached hydrogens (tertiary/aromatic N) is 3. The molecule has 21 heavy (non-hydrogen) atoms. The lowest BCUT2D eigenvalue weighted by Gasteiger charge is -2.34. The quantitative estimate of drug-likeness (QED) is 0.894. The number of anilines is 1. The molecule has 1 saturated heterocycles. The molecule has 3 rings (SSSR count). The molecule has 1 aromatic heterocycles. The van der Waals surface area contributed by atoms with Gasteiger partial charge in [-0.3, -0.25) is 5.10 Å². The predicted molar refractivity (Wildman–Crippen MR) is 80.8 cm³/mol. The summed E-state index contributed by atoms with van der Waals surface area (Å²) in [6, 6.07) is 4.60. The first kappa shape index (κ1) is 14.3. The van der Waals surface area contributed by atoms with E-state index in [1.54, 1.807) is 6.07 Å². The normalized spacial score (nSPS) is 22.6. The average molecular weight is 310 g/mol.